The Kier molecular flexibility index (Phi) is 9.99. The van der Waals surface area contributed by atoms with Crippen molar-refractivity contribution >= 4 is 27.3 Å². The average molecular weight is 390 g/mol. The molecule has 0 aromatic carbocycles. The van der Waals surface area contributed by atoms with Crippen LogP contribution in [-0.4, -0.2) is 62.6 Å². The zero-order valence-electron chi connectivity index (χ0n) is 15.7. The summed E-state index contributed by atoms with van der Waals surface area (Å²) >= 11 is 1.75. The Morgan fingerprint density at radius 3 is 2.64 bits per heavy atom. The maximum atomic E-state index is 11.6. The number of hydrogen-bond acceptors (Lipinski definition) is 5. The van der Waals surface area contributed by atoms with Gasteiger partial charge in [0, 0.05) is 50.2 Å². The van der Waals surface area contributed by atoms with E-state index in [1.54, 1.807) is 11.3 Å². The maximum absolute atomic E-state index is 11.6. The minimum Gasteiger partial charge on any atom is -0.357 e. The highest BCUT2D eigenvalue weighted by Crippen LogP contribution is 2.13. The van der Waals surface area contributed by atoms with Crippen LogP contribution in [0.2, 0.25) is 0 Å². The summed E-state index contributed by atoms with van der Waals surface area (Å²) in [6.07, 6.45) is 5.78. The predicted molar refractivity (Wildman–Crippen MR) is 106 cm³/mol. The number of aliphatic imine (C=N–C) groups is 1. The fraction of sp³-hybridized carbons (Fsp3) is 0.750. The largest absolute Gasteiger partial charge is 0.357 e. The monoisotopic (exact) mass is 389 g/mol. The first-order chi connectivity index (χ1) is 11.9. The zero-order chi connectivity index (χ0) is 18.7. The third kappa shape index (κ3) is 8.64. The van der Waals surface area contributed by atoms with Gasteiger partial charge in [-0.3, -0.25) is 4.99 Å². The van der Waals surface area contributed by atoms with E-state index in [0.717, 1.165) is 36.9 Å². The smallest absolute Gasteiger partial charge is 0.211 e. The molecule has 1 aromatic rings. The van der Waals surface area contributed by atoms with Crippen LogP contribution in [0.25, 0.3) is 0 Å². The van der Waals surface area contributed by atoms with Gasteiger partial charge in [0.15, 0.2) is 5.96 Å². The summed E-state index contributed by atoms with van der Waals surface area (Å²) < 4.78 is 24.6. The van der Waals surface area contributed by atoms with E-state index < -0.39 is 10.0 Å². The molecule has 0 aliphatic heterocycles. The van der Waals surface area contributed by atoms with Gasteiger partial charge >= 0.3 is 0 Å². The molecule has 2 N–H and O–H groups in total. The van der Waals surface area contributed by atoms with Gasteiger partial charge in [0.05, 0.1) is 11.3 Å². The highest BCUT2D eigenvalue weighted by Gasteiger charge is 2.13. The Morgan fingerprint density at radius 2 is 2.08 bits per heavy atom. The Labute approximate surface area is 156 Å². The lowest BCUT2D eigenvalue weighted by molar-refractivity contribution is 0.427. The van der Waals surface area contributed by atoms with Crippen LogP contribution >= 0.6 is 11.3 Å². The highest BCUT2D eigenvalue weighted by molar-refractivity contribution is 7.88. The van der Waals surface area contributed by atoms with Crippen LogP contribution in [0.15, 0.2) is 11.2 Å². The summed E-state index contributed by atoms with van der Waals surface area (Å²) in [5.41, 5.74) is 0. The molecule has 0 amide bonds. The van der Waals surface area contributed by atoms with Gasteiger partial charge in [-0.2, -0.15) is 0 Å². The lowest BCUT2D eigenvalue weighted by Crippen LogP contribution is -2.38. The first-order valence-electron chi connectivity index (χ1n) is 8.81. The van der Waals surface area contributed by atoms with Crippen LogP contribution in [0.1, 0.15) is 37.1 Å². The zero-order valence-corrected chi connectivity index (χ0v) is 17.3. The van der Waals surface area contributed by atoms with Crippen molar-refractivity contribution in [3.63, 3.8) is 0 Å². The van der Waals surface area contributed by atoms with Crippen molar-refractivity contribution in [1.82, 2.24) is 19.9 Å². The fourth-order valence-corrected chi connectivity index (χ4v) is 4.04. The minimum absolute atomic E-state index is 0.494. The molecule has 0 fully saturated rings. The van der Waals surface area contributed by atoms with E-state index in [-0.39, 0.29) is 0 Å². The first kappa shape index (κ1) is 21.9. The Morgan fingerprint density at radius 1 is 1.32 bits per heavy atom. The number of hydrogen-bond donors (Lipinski definition) is 2. The van der Waals surface area contributed by atoms with E-state index >= 15 is 0 Å². The van der Waals surface area contributed by atoms with E-state index in [4.69, 9.17) is 0 Å². The molecule has 0 saturated heterocycles. The number of aryl methyl sites for hydroxylation is 1. The third-order valence-electron chi connectivity index (χ3n) is 3.58. The molecule has 0 atom stereocenters. The predicted octanol–water partition coefficient (Wildman–Crippen LogP) is 1.47. The van der Waals surface area contributed by atoms with E-state index in [1.807, 2.05) is 20.0 Å². The number of nitrogens with zero attached hydrogens (tertiary/aromatic N) is 3. The molecule has 0 saturated carbocycles. The lowest BCUT2D eigenvalue weighted by atomic mass is 10.4. The molecule has 0 spiro atoms. The molecule has 0 unspecified atom stereocenters. The normalized spacial score (nSPS) is 12.6. The Balaban J connectivity index is 2.40. The molecule has 144 valence electrons. The average Bonchev–Trinajstić information content (AvgIpc) is 3.01. The third-order valence-corrected chi connectivity index (χ3v) is 6.16. The van der Waals surface area contributed by atoms with E-state index in [0.29, 0.717) is 26.1 Å². The van der Waals surface area contributed by atoms with Gasteiger partial charge in [-0.1, -0.05) is 13.8 Å². The van der Waals surface area contributed by atoms with Crippen molar-refractivity contribution < 1.29 is 8.42 Å². The number of sulfonamides is 1. The van der Waals surface area contributed by atoms with Crippen LogP contribution in [0, 0.1) is 0 Å². The summed E-state index contributed by atoms with van der Waals surface area (Å²) in [5.74, 6) is 0.761. The van der Waals surface area contributed by atoms with Gasteiger partial charge in [0.25, 0.3) is 0 Å². The molecule has 7 nitrogen and oxygen atoms in total. The van der Waals surface area contributed by atoms with Crippen LogP contribution in [0.5, 0.6) is 0 Å². The van der Waals surface area contributed by atoms with Gasteiger partial charge in [0.2, 0.25) is 10.0 Å². The van der Waals surface area contributed by atoms with E-state index in [1.165, 1.54) is 15.4 Å². The summed E-state index contributed by atoms with van der Waals surface area (Å²) in [5, 5.41) is 7.64. The van der Waals surface area contributed by atoms with Gasteiger partial charge in [-0.15, -0.1) is 11.3 Å². The number of aromatic nitrogens is 1. The van der Waals surface area contributed by atoms with Gasteiger partial charge in [-0.25, -0.2) is 17.7 Å². The molecule has 1 heterocycles. The quantitative estimate of drug-likeness (QED) is 0.340. The first-order valence-corrected chi connectivity index (χ1v) is 11.5. The molecule has 0 aliphatic rings. The van der Waals surface area contributed by atoms with Gasteiger partial charge in [-0.05, 0) is 19.8 Å². The molecule has 0 aliphatic carbocycles. The van der Waals surface area contributed by atoms with E-state index in [2.05, 4.69) is 27.5 Å². The van der Waals surface area contributed by atoms with Crippen LogP contribution in [-0.2, 0) is 22.9 Å². The summed E-state index contributed by atoms with van der Waals surface area (Å²) in [6.45, 7) is 9.13. The second-order valence-corrected chi connectivity index (χ2v) is 8.80. The SMILES string of the molecule is CCNC(=NCCCN(CC)S(C)(=O)=O)NCCc1ncc(CC)s1. The summed E-state index contributed by atoms with van der Waals surface area (Å²) in [6, 6.07) is 0. The Bertz CT molecular complexity index is 628. The van der Waals surface area contributed by atoms with Crippen molar-refractivity contribution in [2.45, 2.75) is 40.0 Å². The van der Waals surface area contributed by atoms with Crippen molar-refractivity contribution in [3.05, 3.63) is 16.1 Å². The number of rotatable bonds is 11. The van der Waals surface area contributed by atoms with Crippen molar-refractivity contribution in [1.29, 1.82) is 0 Å². The summed E-state index contributed by atoms with van der Waals surface area (Å²) in [4.78, 5) is 10.2. The van der Waals surface area contributed by atoms with Crippen LogP contribution < -0.4 is 10.6 Å². The van der Waals surface area contributed by atoms with Crippen molar-refractivity contribution in [2.24, 2.45) is 4.99 Å². The molecule has 9 heteroatoms. The standard InChI is InChI=1S/C16H31N5O2S2/c1-5-14-13-20-15(24-14)9-11-19-16(17-6-2)18-10-8-12-21(7-3)25(4,22)23/h13H,5-12H2,1-4H3,(H2,17,18,19). The highest BCUT2D eigenvalue weighted by atomic mass is 32.2. The maximum Gasteiger partial charge on any atom is 0.211 e. The van der Waals surface area contributed by atoms with Gasteiger partial charge in [0.1, 0.15) is 0 Å². The van der Waals surface area contributed by atoms with Gasteiger partial charge < -0.3 is 10.6 Å². The molecular formula is C16H31N5O2S2. The second kappa shape index (κ2) is 11.4. The topological polar surface area (TPSA) is 86.7 Å². The number of nitrogens with one attached hydrogen (secondary N) is 2. The molecule has 0 bridgehead atoms. The molecule has 1 aromatic heterocycles. The lowest BCUT2D eigenvalue weighted by Gasteiger charge is -2.17. The molecular weight excluding hydrogens is 358 g/mol. The number of thiazole rings is 1. The van der Waals surface area contributed by atoms with E-state index in [9.17, 15) is 8.42 Å². The second-order valence-electron chi connectivity index (χ2n) is 5.62. The fourth-order valence-electron chi connectivity index (χ4n) is 2.25. The molecule has 1 rings (SSSR count). The minimum atomic E-state index is -3.12. The Hall–Kier alpha value is -1.19. The van der Waals surface area contributed by atoms with Crippen molar-refractivity contribution in [2.75, 3.05) is 39.0 Å². The van der Waals surface area contributed by atoms with Crippen LogP contribution in [0.3, 0.4) is 0 Å². The van der Waals surface area contributed by atoms with Crippen LogP contribution in [0.4, 0.5) is 0 Å². The summed E-state index contributed by atoms with van der Waals surface area (Å²) in [7, 11) is -3.12. The molecule has 0 radical (unpaired) electrons. The molecule has 25 heavy (non-hydrogen) atoms. The number of guanidine groups is 1. The van der Waals surface area contributed by atoms with Crippen molar-refractivity contribution in [3.8, 4) is 0 Å².